The van der Waals surface area contributed by atoms with Crippen LogP contribution in [-0.2, 0) is 22.3 Å². The Morgan fingerprint density at radius 3 is 2.49 bits per heavy atom. The van der Waals surface area contributed by atoms with Gasteiger partial charge in [0, 0.05) is 24.7 Å². The highest BCUT2D eigenvalue weighted by molar-refractivity contribution is 14.1. The number of amides is 1. The summed E-state index contributed by atoms with van der Waals surface area (Å²) in [6.45, 7) is 4.23. The lowest BCUT2D eigenvalue weighted by Crippen LogP contribution is -2.57. The molecule has 0 bridgehead atoms. The van der Waals surface area contributed by atoms with Crippen molar-refractivity contribution in [3.63, 3.8) is 0 Å². The number of ether oxygens (including phenoxy) is 1. The van der Waals surface area contributed by atoms with Crippen LogP contribution in [0.1, 0.15) is 61.6 Å². The number of phenols is 1. The van der Waals surface area contributed by atoms with Crippen molar-refractivity contribution in [2.75, 3.05) is 19.7 Å². The number of rotatable bonds is 6. The number of alkyl halides is 3. The zero-order chi connectivity index (χ0) is 27.9. The molecule has 212 valence electrons. The zero-order valence-corrected chi connectivity index (χ0v) is 23.9. The Morgan fingerprint density at radius 2 is 1.90 bits per heavy atom. The Balaban J connectivity index is 1.20. The minimum Gasteiger partial charge on any atom is -0.506 e. The summed E-state index contributed by atoms with van der Waals surface area (Å²) in [6.07, 6.45) is -0.474. The second kappa shape index (κ2) is 11.2. The molecule has 1 amide bonds. The molecule has 0 unspecified atom stereocenters. The molecule has 5 rings (SSSR count). The second-order valence-electron chi connectivity index (χ2n) is 11.2. The molecule has 3 aliphatic rings. The van der Waals surface area contributed by atoms with E-state index in [1.807, 2.05) is 12.1 Å². The molecule has 0 spiro atoms. The number of carbonyl (C=O) groups is 1. The molecule has 0 aromatic heterocycles. The average molecular weight is 660 g/mol. The standard InChI is InChI=1S/C29H33F4IN2O3/c1-17-15-36(11-9-24(17)18-2-6-22(30)7-3-18)23-8-10-28(39-16-23,20-4-5-20)27(38)35-14-19-12-21(29(31,32)33)13-25(34)26(19)37/h2-3,6-7,12-13,17,20,23-24,37H,4-5,8-11,14-16H2,1H3,(H,35,38)/t17-,23-,24-,28+/m1/s1. The first kappa shape index (κ1) is 28.6. The molecule has 2 aliphatic heterocycles. The smallest absolute Gasteiger partial charge is 0.416 e. The number of halogens is 5. The lowest BCUT2D eigenvalue weighted by molar-refractivity contribution is -0.166. The van der Waals surface area contributed by atoms with Gasteiger partial charge in [-0.3, -0.25) is 9.69 Å². The van der Waals surface area contributed by atoms with Gasteiger partial charge in [0.05, 0.1) is 15.7 Å². The quantitative estimate of drug-likeness (QED) is 0.285. The van der Waals surface area contributed by atoms with E-state index in [9.17, 15) is 27.5 Å². The number of nitrogens with one attached hydrogen (secondary N) is 1. The van der Waals surface area contributed by atoms with Crippen molar-refractivity contribution in [2.24, 2.45) is 11.8 Å². The van der Waals surface area contributed by atoms with Crippen molar-refractivity contribution in [3.8, 4) is 5.75 Å². The fraction of sp³-hybridized carbons (Fsp3) is 0.552. The van der Waals surface area contributed by atoms with Crippen molar-refractivity contribution in [1.82, 2.24) is 10.2 Å². The van der Waals surface area contributed by atoms with E-state index < -0.39 is 17.3 Å². The third kappa shape index (κ3) is 6.07. The van der Waals surface area contributed by atoms with Crippen molar-refractivity contribution < 1.29 is 32.2 Å². The van der Waals surface area contributed by atoms with Gasteiger partial charge in [-0.05, 0) is 109 Å². The Kier molecular flexibility index (Phi) is 8.18. The number of phenolic OH excluding ortho intramolecular Hbond substituents is 1. The van der Waals surface area contributed by atoms with E-state index in [0.29, 0.717) is 24.9 Å². The first-order chi connectivity index (χ1) is 18.5. The van der Waals surface area contributed by atoms with E-state index >= 15 is 0 Å². The van der Waals surface area contributed by atoms with E-state index in [2.05, 4.69) is 17.1 Å². The Bertz CT molecular complexity index is 1190. The predicted octanol–water partition coefficient (Wildman–Crippen LogP) is 6.22. The number of carbonyl (C=O) groups excluding carboxylic acids is 1. The molecular weight excluding hydrogens is 627 g/mol. The molecule has 39 heavy (non-hydrogen) atoms. The van der Waals surface area contributed by atoms with Crippen LogP contribution in [0, 0.1) is 21.2 Å². The molecule has 1 saturated carbocycles. The van der Waals surface area contributed by atoms with Crippen LogP contribution < -0.4 is 5.32 Å². The van der Waals surface area contributed by atoms with Crippen LogP contribution in [0.4, 0.5) is 17.6 Å². The van der Waals surface area contributed by atoms with Crippen LogP contribution >= 0.6 is 22.6 Å². The summed E-state index contributed by atoms with van der Waals surface area (Å²) in [5, 5.41) is 13.1. The number of nitrogens with zero attached hydrogens (tertiary/aromatic N) is 1. The summed E-state index contributed by atoms with van der Waals surface area (Å²) in [6, 6.07) is 8.74. The van der Waals surface area contributed by atoms with E-state index in [-0.39, 0.29) is 45.1 Å². The normalized spacial score (nSPS) is 28.3. The molecular formula is C29H33F4IN2O3. The number of benzene rings is 2. The molecule has 10 heteroatoms. The van der Waals surface area contributed by atoms with Gasteiger partial charge in [-0.15, -0.1) is 0 Å². The highest BCUT2D eigenvalue weighted by Crippen LogP contribution is 2.48. The topological polar surface area (TPSA) is 61.8 Å². The number of aromatic hydroxyl groups is 1. The Hall–Kier alpha value is -1.92. The van der Waals surface area contributed by atoms with Gasteiger partial charge < -0.3 is 15.2 Å². The van der Waals surface area contributed by atoms with Crippen LogP contribution in [0.2, 0.25) is 0 Å². The Morgan fingerprint density at radius 1 is 1.18 bits per heavy atom. The lowest BCUT2D eigenvalue weighted by atomic mass is 9.80. The second-order valence-corrected chi connectivity index (χ2v) is 12.4. The Labute approximate surface area is 239 Å². The number of hydrogen-bond donors (Lipinski definition) is 2. The maximum atomic E-state index is 13.4. The predicted molar refractivity (Wildman–Crippen MR) is 147 cm³/mol. The highest BCUT2D eigenvalue weighted by atomic mass is 127. The minimum absolute atomic E-state index is 0.0280. The molecule has 3 fully saturated rings. The summed E-state index contributed by atoms with van der Waals surface area (Å²) < 4.78 is 59.6. The van der Waals surface area contributed by atoms with Gasteiger partial charge >= 0.3 is 6.18 Å². The van der Waals surface area contributed by atoms with Gasteiger partial charge in [0.25, 0.3) is 5.91 Å². The molecule has 2 N–H and O–H groups in total. The van der Waals surface area contributed by atoms with Crippen molar-refractivity contribution >= 4 is 28.5 Å². The van der Waals surface area contributed by atoms with Crippen LogP contribution in [0.15, 0.2) is 36.4 Å². The molecule has 5 nitrogen and oxygen atoms in total. The summed E-state index contributed by atoms with van der Waals surface area (Å²) in [4.78, 5) is 15.9. The summed E-state index contributed by atoms with van der Waals surface area (Å²) in [5.74, 6) is 0.0546. The van der Waals surface area contributed by atoms with Crippen LogP contribution in [0.25, 0.3) is 0 Å². The average Bonchev–Trinajstić information content (AvgIpc) is 3.75. The summed E-state index contributed by atoms with van der Waals surface area (Å²) >= 11 is 1.66. The maximum absolute atomic E-state index is 13.4. The lowest BCUT2D eigenvalue weighted by Gasteiger charge is -2.46. The van der Waals surface area contributed by atoms with Crippen molar-refractivity contribution in [3.05, 3.63) is 62.5 Å². The van der Waals surface area contributed by atoms with E-state index in [1.165, 1.54) is 12.1 Å². The summed E-state index contributed by atoms with van der Waals surface area (Å²) in [7, 11) is 0. The van der Waals surface area contributed by atoms with Gasteiger partial charge in [-0.25, -0.2) is 4.39 Å². The van der Waals surface area contributed by atoms with Gasteiger partial charge in [-0.2, -0.15) is 13.2 Å². The van der Waals surface area contributed by atoms with E-state index in [0.717, 1.165) is 56.5 Å². The molecule has 2 aromatic rings. The largest absolute Gasteiger partial charge is 0.506 e. The third-order valence-corrected chi connectivity index (χ3v) is 9.49. The summed E-state index contributed by atoms with van der Waals surface area (Å²) in [5.41, 5.74) is -0.659. The molecule has 2 saturated heterocycles. The van der Waals surface area contributed by atoms with Gasteiger partial charge in [0.15, 0.2) is 0 Å². The van der Waals surface area contributed by atoms with Gasteiger partial charge in [0.2, 0.25) is 0 Å². The highest BCUT2D eigenvalue weighted by Gasteiger charge is 2.54. The first-order valence-electron chi connectivity index (χ1n) is 13.5. The van der Waals surface area contributed by atoms with Gasteiger partial charge in [-0.1, -0.05) is 19.1 Å². The number of hydrogen-bond acceptors (Lipinski definition) is 4. The SMILES string of the molecule is C[C@@H]1CN([C@@H]2CC[C@@](C(=O)NCc3cc(C(F)(F)F)cc(I)c3O)(C3CC3)OC2)CC[C@H]1c1ccc(F)cc1. The molecule has 2 heterocycles. The monoisotopic (exact) mass is 660 g/mol. The molecule has 4 atom stereocenters. The van der Waals surface area contributed by atoms with Gasteiger partial charge in [0.1, 0.15) is 17.2 Å². The first-order valence-corrected chi connectivity index (χ1v) is 14.6. The molecule has 1 aliphatic carbocycles. The van der Waals surface area contributed by atoms with Crippen LogP contribution in [0.3, 0.4) is 0 Å². The van der Waals surface area contributed by atoms with E-state index in [4.69, 9.17) is 4.74 Å². The zero-order valence-electron chi connectivity index (χ0n) is 21.7. The maximum Gasteiger partial charge on any atom is 0.416 e. The number of piperidine rings is 1. The van der Waals surface area contributed by atoms with Crippen molar-refractivity contribution in [2.45, 2.75) is 69.3 Å². The molecule has 2 aromatic carbocycles. The minimum atomic E-state index is -4.55. The van der Waals surface area contributed by atoms with E-state index in [1.54, 1.807) is 22.6 Å². The fourth-order valence-corrected chi connectivity index (χ4v) is 6.98. The molecule has 0 radical (unpaired) electrons. The number of likely N-dealkylation sites (tertiary alicyclic amines) is 1. The van der Waals surface area contributed by atoms with Crippen LogP contribution in [-0.4, -0.2) is 47.3 Å². The van der Waals surface area contributed by atoms with Crippen molar-refractivity contribution in [1.29, 1.82) is 0 Å². The third-order valence-electron chi connectivity index (χ3n) is 8.66. The van der Waals surface area contributed by atoms with Crippen LogP contribution in [0.5, 0.6) is 5.75 Å². The fourth-order valence-electron chi connectivity index (χ4n) is 6.30.